The highest BCUT2D eigenvalue weighted by molar-refractivity contribution is 9.11. The molecule has 144 valence electrons. The fourth-order valence-electron chi connectivity index (χ4n) is 2.25. The molecule has 0 N–H and O–H groups in total. The molecule has 26 heavy (non-hydrogen) atoms. The zero-order chi connectivity index (χ0) is 19.1. The van der Waals surface area contributed by atoms with Crippen LogP contribution in [0, 0.1) is 0 Å². The molecule has 0 aromatic heterocycles. The quantitative estimate of drug-likeness (QED) is 0.458. The molecular formula is C18H22Br2O6. The monoisotopic (exact) mass is 492 g/mol. The summed E-state index contributed by atoms with van der Waals surface area (Å²) in [5, 5.41) is 2.01. The van der Waals surface area contributed by atoms with Crippen molar-refractivity contribution in [2.45, 2.75) is 12.6 Å². The van der Waals surface area contributed by atoms with Gasteiger partial charge in [-0.15, -0.1) is 0 Å². The zero-order valence-corrected chi connectivity index (χ0v) is 18.3. The Bertz CT molecular complexity index is 655. The molecule has 0 saturated carbocycles. The number of methoxy groups -OCH3 is 4. The van der Waals surface area contributed by atoms with Crippen molar-refractivity contribution in [3.63, 3.8) is 0 Å². The van der Waals surface area contributed by atoms with E-state index in [1.807, 2.05) is 24.3 Å². The summed E-state index contributed by atoms with van der Waals surface area (Å²) in [4.78, 5) is 0. The summed E-state index contributed by atoms with van der Waals surface area (Å²) in [7, 11) is 6.29. The maximum atomic E-state index is 5.79. The maximum Gasteiger partial charge on any atom is 0.191 e. The van der Waals surface area contributed by atoms with Crippen LogP contribution in [0.1, 0.15) is 0 Å². The Kier molecular flexibility index (Phi) is 8.59. The largest absolute Gasteiger partial charge is 0.487 e. The number of hydrogen-bond acceptors (Lipinski definition) is 6. The third kappa shape index (κ3) is 5.55. The van der Waals surface area contributed by atoms with E-state index in [9.17, 15) is 0 Å². The molecule has 8 heteroatoms. The van der Waals surface area contributed by atoms with Crippen molar-refractivity contribution in [1.82, 2.24) is 0 Å². The fraction of sp³-hybridized carbons (Fsp3) is 0.444. The normalized spacial score (nSPS) is 11.5. The molecule has 0 bridgehead atoms. The fourth-order valence-corrected chi connectivity index (χ4v) is 3.20. The number of benzene rings is 2. The number of halogens is 2. The van der Waals surface area contributed by atoms with Crippen LogP contribution in [0.25, 0.3) is 10.8 Å². The number of ether oxygens (including phenoxy) is 6. The van der Waals surface area contributed by atoms with Crippen LogP contribution in [0.2, 0.25) is 0 Å². The Hall–Kier alpha value is -0.900. The molecule has 6 nitrogen and oxygen atoms in total. The van der Waals surface area contributed by atoms with E-state index in [0.717, 1.165) is 19.7 Å². The number of fused-ring (bicyclic) bond motifs is 1. The maximum absolute atomic E-state index is 5.79. The van der Waals surface area contributed by atoms with E-state index < -0.39 is 12.6 Å². The first-order chi connectivity index (χ1) is 12.5. The van der Waals surface area contributed by atoms with Gasteiger partial charge in [-0.05, 0) is 66.9 Å². The van der Waals surface area contributed by atoms with Crippen LogP contribution in [0.15, 0.2) is 33.2 Å². The van der Waals surface area contributed by atoms with E-state index in [2.05, 4.69) is 31.9 Å². The van der Waals surface area contributed by atoms with Gasteiger partial charge in [-0.2, -0.15) is 0 Å². The molecule has 0 heterocycles. The molecule has 0 radical (unpaired) electrons. The number of rotatable bonds is 10. The lowest BCUT2D eigenvalue weighted by Gasteiger charge is -2.17. The van der Waals surface area contributed by atoms with Crippen LogP contribution in [0.3, 0.4) is 0 Å². The van der Waals surface area contributed by atoms with Crippen molar-refractivity contribution in [2.24, 2.45) is 0 Å². The highest BCUT2D eigenvalue weighted by Gasteiger charge is 2.13. The molecule has 0 aliphatic rings. The van der Waals surface area contributed by atoms with Gasteiger partial charge in [0.1, 0.15) is 24.7 Å². The average Bonchev–Trinajstić information content (AvgIpc) is 2.64. The smallest absolute Gasteiger partial charge is 0.191 e. The van der Waals surface area contributed by atoms with Crippen LogP contribution >= 0.6 is 31.9 Å². The van der Waals surface area contributed by atoms with Crippen LogP contribution in [0.5, 0.6) is 11.5 Å². The third-order valence-corrected chi connectivity index (χ3v) is 4.98. The molecule has 0 amide bonds. The Morgan fingerprint density at radius 1 is 0.654 bits per heavy atom. The van der Waals surface area contributed by atoms with Gasteiger partial charge in [-0.3, -0.25) is 0 Å². The van der Waals surface area contributed by atoms with Gasteiger partial charge >= 0.3 is 0 Å². The summed E-state index contributed by atoms with van der Waals surface area (Å²) in [6, 6.07) is 7.85. The number of hydrogen-bond donors (Lipinski definition) is 0. The predicted molar refractivity (Wildman–Crippen MR) is 106 cm³/mol. The van der Waals surface area contributed by atoms with Crippen LogP contribution in [-0.4, -0.2) is 54.2 Å². The molecular weight excluding hydrogens is 472 g/mol. The van der Waals surface area contributed by atoms with Gasteiger partial charge in [-0.25, -0.2) is 0 Å². The highest BCUT2D eigenvalue weighted by atomic mass is 79.9. The van der Waals surface area contributed by atoms with Crippen molar-refractivity contribution in [1.29, 1.82) is 0 Å². The first kappa shape index (κ1) is 21.4. The van der Waals surface area contributed by atoms with E-state index in [0.29, 0.717) is 11.5 Å². The van der Waals surface area contributed by atoms with E-state index in [1.54, 1.807) is 28.4 Å². The van der Waals surface area contributed by atoms with Crippen LogP contribution < -0.4 is 9.47 Å². The Morgan fingerprint density at radius 2 is 1.00 bits per heavy atom. The van der Waals surface area contributed by atoms with E-state index in [-0.39, 0.29) is 13.2 Å². The molecule has 2 rings (SSSR count). The first-order valence-corrected chi connectivity index (χ1v) is 9.40. The van der Waals surface area contributed by atoms with Crippen molar-refractivity contribution in [3.05, 3.63) is 33.2 Å². The average molecular weight is 494 g/mol. The summed E-state index contributed by atoms with van der Waals surface area (Å²) < 4.78 is 33.8. The van der Waals surface area contributed by atoms with Crippen molar-refractivity contribution >= 4 is 42.6 Å². The lowest BCUT2D eigenvalue weighted by Crippen LogP contribution is -2.22. The lowest BCUT2D eigenvalue weighted by atomic mass is 10.1. The van der Waals surface area contributed by atoms with Gasteiger partial charge < -0.3 is 28.4 Å². The summed E-state index contributed by atoms with van der Waals surface area (Å²) in [5.41, 5.74) is 0. The van der Waals surface area contributed by atoms with E-state index in [4.69, 9.17) is 28.4 Å². The molecule has 0 unspecified atom stereocenters. The highest BCUT2D eigenvalue weighted by Crippen LogP contribution is 2.36. The second kappa shape index (κ2) is 10.4. The molecule has 0 saturated heterocycles. The zero-order valence-electron chi connectivity index (χ0n) is 15.1. The minimum Gasteiger partial charge on any atom is -0.487 e. The minimum atomic E-state index is -0.422. The molecule has 2 aromatic carbocycles. The summed E-state index contributed by atoms with van der Waals surface area (Å²) in [6.07, 6.45) is -0.843. The molecule has 0 aliphatic carbocycles. The van der Waals surface area contributed by atoms with Crippen molar-refractivity contribution in [2.75, 3.05) is 41.7 Å². The summed E-state index contributed by atoms with van der Waals surface area (Å²) in [6.45, 7) is 0.573. The second-order valence-electron chi connectivity index (χ2n) is 5.34. The van der Waals surface area contributed by atoms with Gasteiger partial charge in [-0.1, -0.05) is 0 Å². The standard InChI is InChI=1S/C18H22Br2O6/c1-21-17(22-2)9-25-15-7-11-6-14(20)16(8-12(11)5-13(15)19)26-10-18(23-3)24-4/h5-8,17-18H,9-10H2,1-4H3. The molecule has 0 spiro atoms. The van der Waals surface area contributed by atoms with E-state index >= 15 is 0 Å². The minimum absolute atomic E-state index is 0.287. The van der Waals surface area contributed by atoms with E-state index in [1.165, 1.54) is 0 Å². The van der Waals surface area contributed by atoms with Crippen LogP contribution in [0.4, 0.5) is 0 Å². The van der Waals surface area contributed by atoms with Gasteiger partial charge in [0.15, 0.2) is 12.6 Å². The SMILES string of the molecule is COC(COc1cc2cc(Br)c(OCC(OC)OC)cc2cc1Br)OC. The van der Waals surface area contributed by atoms with Gasteiger partial charge in [0.2, 0.25) is 0 Å². The lowest BCUT2D eigenvalue weighted by molar-refractivity contribution is -0.122. The van der Waals surface area contributed by atoms with Crippen molar-refractivity contribution in [3.8, 4) is 11.5 Å². The van der Waals surface area contributed by atoms with Crippen LogP contribution in [-0.2, 0) is 18.9 Å². The molecule has 0 aliphatic heterocycles. The van der Waals surface area contributed by atoms with Gasteiger partial charge in [0.25, 0.3) is 0 Å². The molecule has 2 aromatic rings. The topological polar surface area (TPSA) is 55.4 Å². The van der Waals surface area contributed by atoms with Gasteiger partial charge in [0.05, 0.1) is 8.95 Å². The Morgan fingerprint density at radius 3 is 1.31 bits per heavy atom. The summed E-state index contributed by atoms with van der Waals surface area (Å²) in [5.74, 6) is 1.41. The predicted octanol–water partition coefficient (Wildman–Crippen LogP) is 4.36. The molecule has 0 fully saturated rings. The second-order valence-corrected chi connectivity index (χ2v) is 7.05. The third-order valence-electron chi connectivity index (χ3n) is 3.74. The Balaban J connectivity index is 2.21. The summed E-state index contributed by atoms with van der Waals surface area (Å²) >= 11 is 7.08. The molecule has 0 atom stereocenters. The Labute approximate surface area is 169 Å². The first-order valence-electron chi connectivity index (χ1n) is 7.82. The van der Waals surface area contributed by atoms with Gasteiger partial charge in [0, 0.05) is 28.4 Å². The van der Waals surface area contributed by atoms with Crippen molar-refractivity contribution < 1.29 is 28.4 Å².